The van der Waals surface area contributed by atoms with Crippen molar-refractivity contribution in [3.63, 3.8) is 0 Å². The highest BCUT2D eigenvalue weighted by molar-refractivity contribution is 5.83. The van der Waals surface area contributed by atoms with E-state index in [1.165, 1.54) is 24.0 Å². The third-order valence-corrected chi connectivity index (χ3v) is 5.28. The monoisotopic (exact) mass is 348 g/mol. The maximum Gasteiger partial charge on any atom is 0.253 e. The molecule has 2 aromatic carbocycles. The van der Waals surface area contributed by atoms with Gasteiger partial charge in [0, 0.05) is 29.2 Å². The minimum absolute atomic E-state index is 0.0753. The number of nitrogens with one attached hydrogen (secondary N) is 2. The second kappa shape index (κ2) is 6.09. The van der Waals surface area contributed by atoms with Crippen molar-refractivity contribution in [3.05, 3.63) is 63.4 Å². The minimum Gasteiger partial charge on any atom is -0.454 e. The van der Waals surface area contributed by atoms with Crippen LogP contribution in [0.3, 0.4) is 0 Å². The molecule has 0 saturated heterocycles. The van der Waals surface area contributed by atoms with Crippen LogP contribution in [0, 0.1) is 0 Å². The molecule has 5 rings (SSSR count). The summed E-state index contributed by atoms with van der Waals surface area (Å²) in [6.45, 7) is 0.722. The number of pyridine rings is 1. The molecule has 3 aromatic rings. The molecule has 1 aliphatic carbocycles. The molecule has 5 nitrogen and oxygen atoms in total. The summed E-state index contributed by atoms with van der Waals surface area (Å²) < 4.78 is 10.8. The second-order valence-corrected chi connectivity index (χ2v) is 6.92. The van der Waals surface area contributed by atoms with E-state index in [0.29, 0.717) is 17.9 Å². The average Bonchev–Trinajstić information content (AvgIpc) is 3.12. The van der Waals surface area contributed by atoms with Gasteiger partial charge in [0.1, 0.15) is 0 Å². The summed E-state index contributed by atoms with van der Waals surface area (Å²) in [5.74, 6) is 1.40. The van der Waals surface area contributed by atoms with E-state index in [2.05, 4.69) is 28.5 Å². The Balaban J connectivity index is 1.46. The van der Waals surface area contributed by atoms with E-state index in [1.807, 2.05) is 18.2 Å². The number of aromatic amines is 1. The Morgan fingerprint density at radius 1 is 1.04 bits per heavy atom. The maximum atomic E-state index is 12.5. The molecular formula is C21H20N2O3. The number of benzene rings is 2. The number of anilines is 1. The van der Waals surface area contributed by atoms with Gasteiger partial charge in [-0.25, -0.2) is 0 Å². The van der Waals surface area contributed by atoms with Gasteiger partial charge in [0.05, 0.1) is 5.52 Å². The Morgan fingerprint density at radius 2 is 1.88 bits per heavy atom. The minimum atomic E-state index is -0.0753. The maximum absolute atomic E-state index is 12.5. The van der Waals surface area contributed by atoms with Gasteiger partial charge in [-0.1, -0.05) is 12.1 Å². The molecule has 5 heteroatoms. The molecule has 26 heavy (non-hydrogen) atoms. The van der Waals surface area contributed by atoms with Crippen LogP contribution in [-0.2, 0) is 19.4 Å². The predicted octanol–water partition coefficient (Wildman–Crippen LogP) is 3.75. The Morgan fingerprint density at radius 3 is 2.81 bits per heavy atom. The van der Waals surface area contributed by atoms with Crippen molar-refractivity contribution in [1.82, 2.24) is 4.98 Å². The quantitative estimate of drug-likeness (QED) is 0.757. The third-order valence-electron chi connectivity index (χ3n) is 5.28. The molecule has 0 fully saturated rings. The van der Waals surface area contributed by atoms with Gasteiger partial charge in [-0.3, -0.25) is 4.79 Å². The summed E-state index contributed by atoms with van der Waals surface area (Å²) in [4.78, 5) is 15.4. The first kappa shape index (κ1) is 15.3. The molecule has 0 unspecified atom stereocenters. The third kappa shape index (κ3) is 2.60. The number of hydrogen-bond acceptors (Lipinski definition) is 4. The molecule has 2 aliphatic rings. The van der Waals surface area contributed by atoms with Gasteiger partial charge >= 0.3 is 0 Å². The summed E-state index contributed by atoms with van der Waals surface area (Å²) in [5, 5.41) is 4.42. The molecular weight excluding hydrogens is 328 g/mol. The first-order chi connectivity index (χ1) is 12.8. The fourth-order valence-electron chi connectivity index (χ4n) is 3.91. The number of aryl methyl sites for hydroxylation is 1. The topological polar surface area (TPSA) is 63.4 Å². The van der Waals surface area contributed by atoms with Crippen molar-refractivity contribution in [2.75, 3.05) is 12.1 Å². The molecule has 0 spiro atoms. The van der Waals surface area contributed by atoms with Crippen LogP contribution in [0.4, 0.5) is 5.69 Å². The second-order valence-electron chi connectivity index (χ2n) is 6.92. The zero-order chi connectivity index (χ0) is 17.5. The highest BCUT2D eigenvalue weighted by Crippen LogP contribution is 2.35. The van der Waals surface area contributed by atoms with Gasteiger partial charge in [0.25, 0.3) is 5.56 Å². The number of rotatable bonds is 3. The number of hydrogen-bond donors (Lipinski definition) is 2. The van der Waals surface area contributed by atoms with Crippen molar-refractivity contribution < 1.29 is 9.47 Å². The molecule has 1 aliphatic heterocycles. The van der Waals surface area contributed by atoms with Crippen molar-refractivity contribution in [2.24, 2.45) is 0 Å². The van der Waals surface area contributed by atoms with Crippen LogP contribution < -0.4 is 20.3 Å². The normalized spacial score (nSPS) is 15.1. The van der Waals surface area contributed by atoms with Gasteiger partial charge < -0.3 is 19.8 Å². The lowest BCUT2D eigenvalue weighted by Gasteiger charge is -2.20. The number of aromatic nitrogens is 1. The van der Waals surface area contributed by atoms with Gasteiger partial charge in [-0.2, -0.15) is 0 Å². The van der Waals surface area contributed by atoms with E-state index >= 15 is 0 Å². The van der Waals surface area contributed by atoms with Crippen LogP contribution in [0.25, 0.3) is 10.9 Å². The van der Waals surface area contributed by atoms with Gasteiger partial charge in [-0.15, -0.1) is 0 Å². The SMILES string of the molecule is O=c1[nH]c2cc3c(cc2cc1CNc1cccc2c1CCCC2)OCO3. The Labute approximate surface area is 151 Å². The lowest BCUT2D eigenvalue weighted by Crippen LogP contribution is -2.16. The van der Waals surface area contributed by atoms with Crippen LogP contribution in [0.5, 0.6) is 11.5 Å². The van der Waals surface area contributed by atoms with Gasteiger partial charge in [0.15, 0.2) is 11.5 Å². The van der Waals surface area contributed by atoms with E-state index in [1.54, 1.807) is 0 Å². The van der Waals surface area contributed by atoms with E-state index in [0.717, 1.165) is 35.2 Å². The van der Waals surface area contributed by atoms with Crippen molar-refractivity contribution in [1.29, 1.82) is 0 Å². The van der Waals surface area contributed by atoms with E-state index in [4.69, 9.17) is 9.47 Å². The van der Waals surface area contributed by atoms with Crippen LogP contribution in [0.15, 0.2) is 41.2 Å². The smallest absolute Gasteiger partial charge is 0.253 e. The molecule has 1 aromatic heterocycles. The van der Waals surface area contributed by atoms with E-state index in [-0.39, 0.29) is 12.4 Å². The summed E-state index contributed by atoms with van der Waals surface area (Å²) in [5.41, 5.74) is 5.38. The summed E-state index contributed by atoms with van der Waals surface area (Å²) in [7, 11) is 0. The summed E-state index contributed by atoms with van der Waals surface area (Å²) in [6, 6.07) is 12.1. The van der Waals surface area contributed by atoms with Crippen molar-refractivity contribution in [2.45, 2.75) is 32.2 Å². The van der Waals surface area contributed by atoms with Crippen LogP contribution in [0.2, 0.25) is 0 Å². The van der Waals surface area contributed by atoms with Gasteiger partial charge in [0.2, 0.25) is 6.79 Å². The lowest BCUT2D eigenvalue weighted by molar-refractivity contribution is 0.174. The Kier molecular flexibility index (Phi) is 3.59. The molecule has 2 N–H and O–H groups in total. The molecule has 132 valence electrons. The van der Waals surface area contributed by atoms with Crippen molar-refractivity contribution in [3.8, 4) is 11.5 Å². The van der Waals surface area contributed by atoms with Crippen LogP contribution >= 0.6 is 0 Å². The summed E-state index contributed by atoms with van der Waals surface area (Å²) >= 11 is 0. The molecule has 0 saturated carbocycles. The summed E-state index contributed by atoms with van der Waals surface area (Å²) in [6.07, 6.45) is 4.75. The predicted molar refractivity (Wildman–Crippen MR) is 101 cm³/mol. The first-order valence-corrected chi connectivity index (χ1v) is 9.08. The average molecular weight is 348 g/mol. The highest BCUT2D eigenvalue weighted by atomic mass is 16.7. The van der Waals surface area contributed by atoms with Crippen LogP contribution in [0.1, 0.15) is 29.5 Å². The van der Waals surface area contributed by atoms with Crippen molar-refractivity contribution >= 4 is 16.6 Å². The number of fused-ring (bicyclic) bond motifs is 3. The fraction of sp³-hybridized carbons (Fsp3) is 0.286. The molecule has 0 bridgehead atoms. The number of H-pyrrole nitrogens is 1. The number of ether oxygens (including phenoxy) is 2. The highest BCUT2D eigenvalue weighted by Gasteiger charge is 2.16. The van der Waals surface area contributed by atoms with E-state index < -0.39 is 0 Å². The Bertz CT molecular complexity index is 1060. The largest absolute Gasteiger partial charge is 0.454 e. The molecule has 0 amide bonds. The molecule has 2 heterocycles. The fourth-order valence-corrected chi connectivity index (χ4v) is 3.91. The standard InChI is InChI=1S/C21H20N2O3/c24-21-15(8-14-9-19-20(26-12-25-19)10-18(14)23-21)11-22-17-7-3-5-13-4-1-2-6-16(13)17/h3,5,7-10,22H,1-2,4,6,11-12H2,(H,23,24). The van der Waals surface area contributed by atoms with E-state index in [9.17, 15) is 4.79 Å². The van der Waals surface area contributed by atoms with Crippen LogP contribution in [-0.4, -0.2) is 11.8 Å². The Hall–Kier alpha value is -2.95. The first-order valence-electron chi connectivity index (χ1n) is 9.08. The lowest BCUT2D eigenvalue weighted by atomic mass is 9.90. The zero-order valence-electron chi connectivity index (χ0n) is 14.4. The molecule has 0 radical (unpaired) electrons. The zero-order valence-corrected chi connectivity index (χ0v) is 14.4. The molecule has 0 atom stereocenters. The van der Waals surface area contributed by atoms with Gasteiger partial charge in [-0.05, 0) is 55.0 Å².